The summed E-state index contributed by atoms with van der Waals surface area (Å²) in [4.78, 5) is 5.27. The van der Waals surface area contributed by atoms with Crippen molar-refractivity contribution in [2.75, 3.05) is 0 Å². The van der Waals surface area contributed by atoms with E-state index in [0.29, 0.717) is 0 Å². The molecule has 9 aromatic carbocycles. The van der Waals surface area contributed by atoms with Crippen LogP contribution in [0.25, 0.3) is 22.3 Å². The van der Waals surface area contributed by atoms with Gasteiger partial charge in [-0.2, -0.15) is 0 Å². The van der Waals surface area contributed by atoms with E-state index in [0.717, 1.165) is 61.6 Å². The van der Waals surface area contributed by atoms with Crippen molar-refractivity contribution < 1.29 is 9.47 Å². The minimum Gasteiger partial charge on any atom is -0.458 e. The predicted octanol–water partition coefficient (Wildman–Crippen LogP) is 13.0. The highest BCUT2D eigenvalue weighted by molar-refractivity contribution is 7.99. The van der Waals surface area contributed by atoms with Crippen LogP contribution in [0.3, 0.4) is 0 Å². The van der Waals surface area contributed by atoms with E-state index in [4.69, 9.17) is 9.47 Å². The normalized spacial score (nSPS) is 14.2. The van der Waals surface area contributed by atoms with E-state index < -0.39 is 0 Å². The molecule has 4 heterocycles. The molecule has 0 saturated heterocycles. The molecule has 0 unspecified atom stereocenters. The Morgan fingerprint density at radius 2 is 0.705 bits per heavy atom. The topological polar surface area (TPSA) is 18.5 Å². The SMILES string of the molecule is c1ccc2c(c1)Oc1c(-c3ccc(C4c5ccccc5Sc5ccccc54)cc3)cc(-c3ccc(C4c5ccccc5Sc5ccccc54)cc3)c3c1B2c1ccccc1O3. The largest absolute Gasteiger partial charge is 0.458 e. The molecule has 0 fully saturated rings. The van der Waals surface area contributed by atoms with Crippen LogP contribution < -0.4 is 25.9 Å². The molecule has 0 aliphatic carbocycles. The van der Waals surface area contributed by atoms with Crippen molar-refractivity contribution >= 4 is 46.6 Å². The van der Waals surface area contributed by atoms with Crippen LogP contribution in [0.5, 0.6) is 23.0 Å². The fraction of sp³-hybridized carbons (Fsp3) is 0.0357. The number of fused-ring (bicyclic) bond motifs is 8. The molecule has 4 aliphatic heterocycles. The lowest BCUT2D eigenvalue weighted by Gasteiger charge is -2.35. The highest BCUT2D eigenvalue weighted by Crippen LogP contribution is 2.51. The van der Waals surface area contributed by atoms with Gasteiger partial charge >= 0.3 is 0 Å². The second-order valence-electron chi connectivity index (χ2n) is 16.2. The summed E-state index contributed by atoms with van der Waals surface area (Å²) in [6.45, 7) is -0.0439. The van der Waals surface area contributed by atoms with Crippen molar-refractivity contribution in [1.29, 1.82) is 0 Å². The van der Waals surface area contributed by atoms with Gasteiger partial charge < -0.3 is 9.47 Å². The zero-order valence-corrected chi connectivity index (χ0v) is 34.6. The van der Waals surface area contributed by atoms with Crippen molar-refractivity contribution in [3.63, 3.8) is 0 Å². The van der Waals surface area contributed by atoms with Crippen molar-refractivity contribution in [3.05, 3.63) is 234 Å². The summed E-state index contributed by atoms with van der Waals surface area (Å²) < 4.78 is 14.1. The molecule has 0 saturated carbocycles. The molecule has 9 aromatic rings. The molecule has 0 spiro atoms. The van der Waals surface area contributed by atoms with E-state index in [1.807, 2.05) is 23.5 Å². The second-order valence-corrected chi connectivity index (χ2v) is 18.4. The number of rotatable bonds is 4. The van der Waals surface area contributed by atoms with Gasteiger partial charge in [-0.05, 0) is 97.9 Å². The Morgan fingerprint density at radius 1 is 0.361 bits per heavy atom. The van der Waals surface area contributed by atoms with E-state index in [1.165, 1.54) is 53.0 Å². The maximum Gasteiger partial charge on any atom is 0.260 e. The third-order valence-electron chi connectivity index (χ3n) is 12.9. The molecule has 0 N–H and O–H groups in total. The standard InChI is InChI=1S/C56H35BO2S2/c1-9-21-48-38(13-1)52(39-14-2-10-22-49(39)60-48)36-29-25-34(26-30-36)42-33-43(56-54-55(42)58-46-19-7-5-17-44(46)57(54)45-18-6-8-20-47(45)59-56)35-27-31-37(32-28-35)53-40-15-3-11-23-50(40)61-51-24-12-4-16-41(51)53/h1-33,52-53H. The fourth-order valence-electron chi connectivity index (χ4n) is 10.2. The average molecular weight is 815 g/mol. The van der Waals surface area contributed by atoms with E-state index in [-0.39, 0.29) is 18.5 Å². The first-order valence-corrected chi connectivity index (χ1v) is 22.5. The van der Waals surface area contributed by atoms with Gasteiger partial charge in [-0.1, -0.05) is 181 Å². The first kappa shape index (κ1) is 35.1. The number of ether oxygens (including phenoxy) is 2. The molecular weight excluding hydrogens is 780 g/mol. The van der Waals surface area contributed by atoms with Gasteiger partial charge in [0.1, 0.15) is 23.0 Å². The second kappa shape index (κ2) is 14.0. The minimum absolute atomic E-state index is 0.0439. The van der Waals surface area contributed by atoms with E-state index in [9.17, 15) is 0 Å². The van der Waals surface area contributed by atoms with Crippen LogP contribution in [-0.2, 0) is 0 Å². The first-order chi connectivity index (χ1) is 30.2. The first-order valence-electron chi connectivity index (χ1n) is 20.9. The Kier molecular flexibility index (Phi) is 8.04. The number of para-hydroxylation sites is 2. The van der Waals surface area contributed by atoms with Gasteiger partial charge in [0.15, 0.2) is 0 Å². The maximum absolute atomic E-state index is 7.04. The summed E-state index contributed by atoms with van der Waals surface area (Å²) >= 11 is 3.74. The molecule has 0 radical (unpaired) electrons. The number of hydrogen-bond donors (Lipinski definition) is 0. The summed E-state index contributed by atoms with van der Waals surface area (Å²) in [5.74, 6) is 3.79. The van der Waals surface area contributed by atoms with Crippen LogP contribution in [0.15, 0.2) is 220 Å². The Morgan fingerprint density at radius 3 is 1.10 bits per heavy atom. The summed E-state index contributed by atoms with van der Waals surface area (Å²) in [6, 6.07) is 73.2. The van der Waals surface area contributed by atoms with E-state index in [2.05, 4.69) is 200 Å². The molecule has 5 heteroatoms. The van der Waals surface area contributed by atoms with E-state index in [1.54, 1.807) is 0 Å². The van der Waals surface area contributed by atoms with Crippen molar-refractivity contribution in [3.8, 4) is 45.3 Å². The molecule has 0 atom stereocenters. The average Bonchev–Trinajstić information content (AvgIpc) is 3.32. The molecule has 286 valence electrons. The third-order valence-corrected chi connectivity index (χ3v) is 15.3. The van der Waals surface area contributed by atoms with Gasteiger partial charge in [0.2, 0.25) is 0 Å². The van der Waals surface area contributed by atoms with Gasteiger partial charge in [-0.3, -0.25) is 0 Å². The van der Waals surface area contributed by atoms with Crippen molar-refractivity contribution in [2.24, 2.45) is 0 Å². The highest BCUT2D eigenvalue weighted by atomic mass is 32.2. The monoisotopic (exact) mass is 814 g/mol. The molecule has 0 bridgehead atoms. The molecule has 2 nitrogen and oxygen atoms in total. The van der Waals surface area contributed by atoms with E-state index >= 15 is 0 Å². The molecular formula is C56H35BO2S2. The smallest absolute Gasteiger partial charge is 0.260 e. The van der Waals surface area contributed by atoms with Gasteiger partial charge in [0.05, 0.1) is 0 Å². The number of benzene rings is 9. The van der Waals surface area contributed by atoms with Crippen LogP contribution in [0.4, 0.5) is 0 Å². The predicted molar refractivity (Wildman–Crippen MR) is 251 cm³/mol. The molecule has 4 aliphatic rings. The molecule has 61 heavy (non-hydrogen) atoms. The lowest BCUT2D eigenvalue weighted by atomic mass is 9.34. The Hall–Kier alpha value is -6.66. The Balaban J connectivity index is 0.983. The zero-order chi connectivity index (χ0) is 40.0. The third kappa shape index (κ3) is 5.54. The van der Waals surface area contributed by atoms with Crippen LogP contribution in [0.2, 0.25) is 0 Å². The Bertz CT molecular complexity index is 2930. The van der Waals surface area contributed by atoms with Crippen LogP contribution in [0.1, 0.15) is 45.2 Å². The highest BCUT2D eigenvalue weighted by Gasteiger charge is 2.42. The van der Waals surface area contributed by atoms with Gasteiger partial charge in [-0.25, -0.2) is 0 Å². The minimum atomic E-state index is -0.0439. The summed E-state index contributed by atoms with van der Waals surface area (Å²) in [5.41, 5.74) is 15.7. The summed E-state index contributed by atoms with van der Waals surface area (Å²) in [7, 11) is 0. The summed E-state index contributed by atoms with van der Waals surface area (Å²) in [6.07, 6.45) is 0. The summed E-state index contributed by atoms with van der Waals surface area (Å²) in [5, 5.41) is 0. The van der Waals surface area contributed by atoms with Crippen LogP contribution in [0, 0.1) is 0 Å². The quantitative estimate of drug-likeness (QED) is 0.165. The van der Waals surface area contributed by atoms with Crippen molar-refractivity contribution in [2.45, 2.75) is 31.4 Å². The van der Waals surface area contributed by atoms with Crippen molar-refractivity contribution in [1.82, 2.24) is 0 Å². The van der Waals surface area contributed by atoms with Crippen LogP contribution in [-0.4, -0.2) is 6.71 Å². The van der Waals surface area contributed by atoms with Gasteiger partial charge in [-0.15, -0.1) is 0 Å². The fourth-order valence-corrected chi connectivity index (χ4v) is 12.4. The Labute approximate surface area is 364 Å². The molecule has 0 aromatic heterocycles. The zero-order valence-electron chi connectivity index (χ0n) is 32.9. The molecule has 13 rings (SSSR count). The lowest BCUT2D eigenvalue weighted by Crippen LogP contribution is -2.57. The van der Waals surface area contributed by atoms with Gasteiger partial charge in [0, 0.05) is 48.0 Å². The maximum atomic E-state index is 7.04. The number of hydrogen-bond acceptors (Lipinski definition) is 4. The van der Waals surface area contributed by atoms with Crippen LogP contribution >= 0.6 is 23.5 Å². The lowest BCUT2D eigenvalue weighted by molar-refractivity contribution is 0.467. The molecule has 0 amide bonds. The van der Waals surface area contributed by atoms with Gasteiger partial charge in [0.25, 0.3) is 6.71 Å².